The van der Waals surface area contributed by atoms with Crippen LogP contribution in [0.2, 0.25) is 0 Å². The highest BCUT2D eigenvalue weighted by Gasteiger charge is 2.38. The summed E-state index contributed by atoms with van der Waals surface area (Å²) in [6.07, 6.45) is 4.66. The first kappa shape index (κ1) is 7.56. The van der Waals surface area contributed by atoms with Crippen LogP contribution >= 0.6 is 0 Å². The van der Waals surface area contributed by atoms with Crippen molar-refractivity contribution < 1.29 is 5.11 Å². The molecule has 1 N–H and O–H groups in total. The number of rotatable bonds is 1. The van der Waals surface area contributed by atoms with Crippen molar-refractivity contribution in [3.8, 4) is 0 Å². The average Bonchev–Trinajstić information content (AvgIpc) is 2.23. The lowest BCUT2D eigenvalue weighted by Gasteiger charge is -2.36. The van der Waals surface area contributed by atoms with Gasteiger partial charge in [-0.3, -0.25) is 4.90 Å². The van der Waals surface area contributed by atoms with E-state index < -0.39 is 0 Å². The number of aliphatic hydroxyl groups is 1. The third kappa shape index (κ3) is 1.18. The fourth-order valence-corrected chi connectivity index (χ4v) is 2.76. The van der Waals surface area contributed by atoms with Crippen molar-refractivity contribution in [2.45, 2.75) is 50.8 Å². The first-order valence-corrected chi connectivity index (χ1v) is 4.75. The zero-order chi connectivity index (χ0) is 7.84. The van der Waals surface area contributed by atoms with Gasteiger partial charge in [-0.2, -0.15) is 0 Å². The van der Waals surface area contributed by atoms with Gasteiger partial charge in [-0.25, -0.2) is 0 Å². The van der Waals surface area contributed by atoms with Crippen LogP contribution < -0.4 is 0 Å². The Morgan fingerprint density at radius 3 is 2.27 bits per heavy atom. The van der Waals surface area contributed by atoms with E-state index in [-0.39, 0.29) is 6.10 Å². The molecule has 2 aliphatic heterocycles. The lowest BCUT2D eigenvalue weighted by molar-refractivity contribution is 0.0387. The standard InChI is InChI=1S/C9H17NO/c1-2-10-7-3-4-8(10)6-9(11)5-7/h7-9,11H,2-6H2,1H3/t7-,8+,9?. The quantitative estimate of drug-likeness (QED) is 0.610. The molecule has 3 atom stereocenters. The number of aliphatic hydroxyl groups excluding tert-OH is 1. The molecule has 64 valence electrons. The van der Waals surface area contributed by atoms with E-state index in [2.05, 4.69) is 11.8 Å². The van der Waals surface area contributed by atoms with E-state index in [0.717, 1.165) is 12.8 Å². The van der Waals surface area contributed by atoms with E-state index >= 15 is 0 Å². The molecule has 2 heteroatoms. The minimum absolute atomic E-state index is 0.00435. The molecular weight excluding hydrogens is 138 g/mol. The highest BCUT2D eigenvalue weighted by Crippen LogP contribution is 2.34. The normalized spacial score (nSPS) is 44.7. The van der Waals surface area contributed by atoms with E-state index in [0.29, 0.717) is 12.1 Å². The van der Waals surface area contributed by atoms with E-state index in [1.54, 1.807) is 0 Å². The van der Waals surface area contributed by atoms with Crippen LogP contribution in [0.1, 0.15) is 32.6 Å². The van der Waals surface area contributed by atoms with Crippen molar-refractivity contribution in [1.29, 1.82) is 0 Å². The third-order valence-corrected chi connectivity index (χ3v) is 3.22. The summed E-state index contributed by atoms with van der Waals surface area (Å²) >= 11 is 0. The minimum Gasteiger partial charge on any atom is -0.393 e. The zero-order valence-corrected chi connectivity index (χ0v) is 7.16. The van der Waals surface area contributed by atoms with Crippen LogP contribution in [-0.4, -0.2) is 34.7 Å². The predicted molar refractivity (Wildman–Crippen MR) is 44.4 cm³/mol. The SMILES string of the molecule is CCN1[C@@H]2CC[C@H]1CC(O)C2. The first-order chi connectivity index (χ1) is 5.31. The van der Waals surface area contributed by atoms with E-state index in [1.165, 1.54) is 19.4 Å². The van der Waals surface area contributed by atoms with Crippen molar-refractivity contribution in [3.63, 3.8) is 0 Å². The highest BCUT2D eigenvalue weighted by molar-refractivity contribution is 4.94. The van der Waals surface area contributed by atoms with E-state index in [1.807, 2.05) is 0 Å². The molecule has 11 heavy (non-hydrogen) atoms. The molecule has 0 aliphatic carbocycles. The molecule has 2 nitrogen and oxygen atoms in total. The molecule has 2 rings (SSSR count). The molecule has 0 aromatic rings. The van der Waals surface area contributed by atoms with Gasteiger partial charge in [0.25, 0.3) is 0 Å². The lowest BCUT2D eigenvalue weighted by Crippen LogP contribution is -2.44. The second-order valence-corrected chi connectivity index (χ2v) is 3.84. The Balaban J connectivity index is 2.06. The van der Waals surface area contributed by atoms with Crippen LogP contribution in [-0.2, 0) is 0 Å². The maximum atomic E-state index is 9.48. The molecule has 2 heterocycles. The maximum Gasteiger partial charge on any atom is 0.0570 e. The molecule has 1 unspecified atom stereocenters. The highest BCUT2D eigenvalue weighted by atomic mass is 16.3. The van der Waals surface area contributed by atoms with Gasteiger partial charge in [0.2, 0.25) is 0 Å². The summed E-state index contributed by atoms with van der Waals surface area (Å²) in [5.41, 5.74) is 0. The van der Waals surface area contributed by atoms with Gasteiger partial charge in [0.05, 0.1) is 6.10 Å². The Bertz CT molecular complexity index is 134. The smallest absolute Gasteiger partial charge is 0.0570 e. The second kappa shape index (κ2) is 2.76. The largest absolute Gasteiger partial charge is 0.393 e. The van der Waals surface area contributed by atoms with Crippen molar-refractivity contribution in [2.75, 3.05) is 6.54 Å². The lowest BCUT2D eigenvalue weighted by atomic mass is 10.0. The molecular formula is C9H17NO. The number of piperidine rings is 1. The van der Waals surface area contributed by atoms with Crippen LogP contribution in [0.5, 0.6) is 0 Å². The summed E-state index contributed by atoms with van der Waals surface area (Å²) in [7, 11) is 0. The Morgan fingerprint density at radius 2 is 1.82 bits per heavy atom. The first-order valence-electron chi connectivity index (χ1n) is 4.75. The van der Waals surface area contributed by atoms with Gasteiger partial charge >= 0.3 is 0 Å². The fraction of sp³-hybridized carbons (Fsp3) is 1.00. The second-order valence-electron chi connectivity index (χ2n) is 3.84. The summed E-state index contributed by atoms with van der Waals surface area (Å²) in [6.45, 7) is 3.39. The molecule has 2 saturated heterocycles. The van der Waals surface area contributed by atoms with Gasteiger partial charge in [0, 0.05) is 12.1 Å². The topological polar surface area (TPSA) is 23.5 Å². The summed E-state index contributed by atoms with van der Waals surface area (Å²) in [5, 5.41) is 9.48. The Kier molecular flexibility index (Phi) is 1.90. The Hall–Kier alpha value is -0.0800. The fourth-order valence-electron chi connectivity index (χ4n) is 2.76. The van der Waals surface area contributed by atoms with Crippen LogP contribution in [0.3, 0.4) is 0 Å². The van der Waals surface area contributed by atoms with Gasteiger partial charge in [0.1, 0.15) is 0 Å². The maximum absolute atomic E-state index is 9.48. The Morgan fingerprint density at radius 1 is 1.27 bits per heavy atom. The van der Waals surface area contributed by atoms with E-state index in [4.69, 9.17) is 0 Å². The molecule has 0 amide bonds. The van der Waals surface area contributed by atoms with Crippen molar-refractivity contribution in [2.24, 2.45) is 0 Å². The number of hydrogen-bond donors (Lipinski definition) is 1. The molecule has 2 aliphatic rings. The molecule has 0 spiro atoms. The van der Waals surface area contributed by atoms with E-state index in [9.17, 15) is 5.11 Å². The summed E-state index contributed by atoms with van der Waals surface area (Å²) < 4.78 is 0. The van der Waals surface area contributed by atoms with Crippen LogP contribution in [0.15, 0.2) is 0 Å². The van der Waals surface area contributed by atoms with Gasteiger partial charge in [-0.15, -0.1) is 0 Å². The minimum atomic E-state index is -0.00435. The molecule has 2 bridgehead atoms. The monoisotopic (exact) mass is 155 g/mol. The zero-order valence-electron chi connectivity index (χ0n) is 7.16. The third-order valence-electron chi connectivity index (χ3n) is 3.22. The number of nitrogens with zero attached hydrogens (tertiary/aromatic N) is 1. The average molecular weight is 155 g/mol. The van der Waals surface area contributed by atoms with Gasteiger partial charge < -0.3 is 5.11 Å². The Labute approximate surface area is 68.2 Å². The van der Waals surface area contributed by atoms with Crippen LogP contribution in [0.4, 0.5) is 0 Å². The molecule has 2 fully saturated rings. The summed E-state index contributed by atoms with van der Waals surface area (Å²) in [6, 6.07) is 1.41. The van der Waals surface area contributed by atoms with Gasteiger partial charge in [-0.05, 0) is 32.2 Å². The van der Waals surface area contributed by atoms with Crippen LogP contribution in [0, 0.1) is 0 Å². The van der Waals surface area contributed by atoms with Crippen molar-refractivity contribution >= 4 is 0 Å². The van der Waals surface area contributed by atoms with Gasteiger partial charge in [0.15, 0.2) is 0 Å². The van der Waals surface area contributed by atoms with Crippen molar-refractivity contribution in [3.05, 3.63) is 0 Å². The molecule has 0 radical (unpaired) electrons. The van der Waals surface area contributed by atoms with Crippen LogP contribution in [0.25, 0.3) is 0 Å². The van der Waals surface area contributed by atoms with Crippen molar-refractivity contribution in [1.82, 2.24) is 4.90 Å². The molecule has 0 aromatic heterocycles. The number of hydrogen-bond acceptors (Lipinski definition) is 2. The molecule has 0 aromatic carbocycles. The predicted octanol–water partition coefficient (Wildman–Crippen LogP) is 0.994. The van der Waals surface area contributed by atoms with Gasteiger partial charge in [-0.1, -0.05) is 6.92 Å². The number of fused-ring (bicyclic) bond motifs is 2. The summed E-state index contributed by atoms with van der Waals surface area (Å²) in [4.78, 5) is 2.56. The molecule has 0 saturated carbocycles. The summed E-state index contributed by atoms with van der Waals surface area (Å²) in [5.74, 6) is 0.